The van der Waals surface area contributed by atoms with Gasteiger partial charge in [-0.2, -0.15) is 0 Å². The van der Waals surface area contributed by atoms with Gasteiger partial charge in [-0.3, -0.25) is 4.79 Å². The van der Waals surface area contributed by atoms with Crippen LogP contribution in [0.5, 0.6) is 0 Å². The van der Waals surface area contributed by atoms with Crippen molar-refractivity contribution < 1.29 is 13.2 Å². The van der Waals surface area contributed by atoms with Crippen LogP contribution in [0.15, 0.2) is 29.2 Å². The summed E-state index contributed by atoms with van der Waals surface area (Å²) >= 11 is 5.73. The molecule has 7 heteroatoms. The van der Waals surface area contributed by atoms with E-state index in [9.17, 15) is 13.2 Å². The number of carbonyl (C=O) groups excluding carboxylic acids is 1. The van der Waals surface area contributed by atoms with Gasteiger partial charge in [0.15, 0.2) is 0 Å². The van der Waals surface area contributed by atoms with Gasteiger partial charge in [0.25, 0.3) is 0 Å². The van der Waals surface area contributed by atoms with Gasteiger partial charge < -0.3 is 5.32 Å². The van der Waals surface area contributed by atoms with Crippen molar-refractivity contribution in [2.45, 2.75) is 31.2 Å². The number of amides is 1. The van der Waals surface area contributed by atoms with Crippen LogP contribution in [-0.2, 0) is 14.8 Å². The Morgan fingerprint density at radius 1 is 1.32 bits per heavy atom. The molecule has 0 bridgehead atoms. The average Bonchev–Trinajstić information content (AvgIpc) is 2.24. The lowest BCUT2D eigenvalue weighted by atomic mass is 10.1. The molecule has 0 spiro atoms. The molecule has 0 unspecified atom stereocenters. The zero-order valence-electron chi connectivity index (χ0n) is 11.0. The van der Waals surface area contributed by atoms with E-state index in [2.05, 4.69) is 10.0 Å². The number of nitrogens with one attached hydrogen (secondary N) is 2. The Morgan fingerprint density at radius 3 is 2.47 bits per heavy atom. The molecule has 0 heterocycles. The fourth-order valence-electron chi connectivity index (χ4n) is 1.34. The summed E-state index contributed by atoms with van der Waals surface area (Å²) < 4.78 is 26.0. The van der Waals surface area contributed by atoms with Crippen LogP contribution >= 0.6 is 11.6 Å². The Kier molecular flexibility index (Phi) is 4.95. The van der Waals surface area contributed by atoms with Gasteiger partial charge in [-0.1, -0.05) is 17.7 Å². The topological polar surface area (TPSA) is 75.3 Å². The van der Waals surface area contributed by atoms with E-state index in [1.54, 1.807) is 6.07 Å². The minimum absolute atomic E-state index is 0.0311. The minimum Gasteiger partial charge on any atom is -0.350 e. The van der Waals surface area contributed by atoms with Crippen molar-refractivity contribution >= 4 is 27.5 Å². The van der Waals surface area contributed by atoms with E-state index in [1.165, 1.54) is 18.2 Å². The van der Waals surface area contributed by atoms with E-state index in [0.717, 1.165) is 0 Å². The zero-order chi connectivity index (χ0) is 14.7. The molecule has 0 aliphatic rings. The third-order valence-electron chi connectivity index (χ3n) is 2.04. The molecule has 5 nitrogen and oxygen atoms in total. The molecule has 0 radical (unpaired) electrons. The molecule has 0 aromatic heterocycles. The molecule has 1 rings (SSSR count). The molecule has 0 saturated carbocycles. The van der Waals surface area contributed by atoms with Gasteiger partial charge in [0.1, 0.15) is 0 Å². The molecule has 0 aliphatic carbocycles. The van der Waals surface area contributed by atoms with Crippen molar-refractivity contribution in [1.82, 2.24) is 10.0 Å². The number of benzene rings is 1. The van der Waals surface area contributed by atoms with Crippen molar-refractivity contribution in [2.75, 3.05) is 6.54 Å². The second kappa shape index (κ2) is 5.90. The Labute approximate surface area is 118 Å². The first-order valence-corrected chi connectivity index (χ1v) is 7.52. The quantitative estimate of drug-likeness (QED) is 0.886. The second-order valence-corrected chi connectivity index (χ2v) is 7.28. The highest BCUT2D eigenvalue weighted by molar-refractivity contribution is 7.89. The third-order valence-corrected chi connectivity index (χ3v) is 3.68. The number of hydrogen-bond donors (Lipinski definition) is 2. The van der Waals surface area contributed by atoms with Crippen molar-refractivity contribution in [2.24, 2.45) is 0 Å². The van der Waals surface area contributed by atoms with Gasteiger partial charge in [0.2, 0.25) is 15.9 Å². The van der Waals surface area contributed by atoms with Gasteiger partial charge in [-0.15, -0.1) is 0 Å². The normalized spacial score (nSPS) is 12.2. The fourth-order valence-corrected chi connectivity index (χ4v) is 2.62. The SMILES string of the molecule is CC(C)(C)NC(=O)CNS(=O)(=O)c1cccc(Cl)c1. The van der Waals surface area contributed by atoms with Gasteiger partial charge in [0, 0.05) is 10.6 Å². The lowest BCUT2D eigenvalue weighted by Crippen LogP contribution is -2.45. The number of rotatable bonds is 4. The van der Waals surface area contributed by atoms with Crippen LogP contribution in [0.3, 0.4) is 0 Å². The van der Waals surface area contributed by atoms with Crippen LogP contribution in [0, 0.1) is 0 Å². The van der Waals surface area contributed by atoms with Crippen molar-refractivity contribution in [3.05, 3.63) is 29.3 Å². The summed E-state index contributed by atoms with van der Waals surface area (Å²) in [6.07, 6.45) is 0. The number of halogens is 1. The van der Waals surface area contributed by atoms with Crippen LogP contribution in [0.2, 0.25) is 5.02 Å². The first-order valence-electron chi connectivity index (χ1n) is 5.66. The highest BCUT2D eigenvalue weighted by Gasteiger charge is 2.18. The summed E-state index contributed by atoms with van der Waals surface area (Å²) in [6.45, 7) is 5.13. The van der Waals surface area contributed by atoms with E-state index in [0.29, 0.717) is 5.02 Å². The summed E-state index contributed by atoms with van der Waals surface area (Å²) in [6, 6.07) is 5.85. The van der Waals surface area contributed by atoms with Crippen molar-refractivity contribution in [1.29, 1.82) is 0 Å². The lowest BCUT2D eigenvalue weighted by molar-refractivity contribution is -0.121. The van der Waals surface area contributed by atoms with Crippen LogP contribution in [0.1, 0.15) is 20.8 Å². The number of sulfonamides is 1. The second-order valence-electron chi connectivity index (χ2n) is 5.08. The van der Waals surface area contributed by atoms with E-state index >= 15 is 0 Å². The molecular weight excluding hydrogens is 288 g/mol. The summed E-state index contributed by atoms with van der Waals surface area (Å²) in [4.78, 5) is 11.6. The van der Waals surface area contributed by atoms with E-state index in [-0.39, 0.29) is 11.4 Å². The van der Waals surface area contributed by atoms with Crippen LogP contribution in [0.25, 0.3) is 0 Å². The predicted molar refractivity (Wildman–Crippen MR) is 74.5 cm³/mol. The maximum atomic E-state index is 11.9. The third kappa shape index (κ3) is 5.59. The molecule has 0 aliphatic heterocycles. The molecule has 1 aromatic carbocycles. The van der Waals surface area contributed by atoms with Gasteiger partial charge in [0.05, 0.1) is 11.4 Å². The maximum absolute atomic E-state index is 11.9. The van der Waals surface area contributed by atoms with Crippen molar-refractivity contribution in [3.8, 4) is 0 Å². The van der Waals surface area contributed by atoms with E-state index in [4.69, 9.17) is 11.6 Å². The highest BCUT2D eigenvalue weighted by atomic mass is 35.5. The van der Waals surface area contributed by atoms with Crippen LogP contribution < -0.4 is 10.0 Å². The molecule has 1 amide bonds. The first-order chi connectivity index (χ1) is 8.60. The maximum Gasteiger partial charge on any atom is 0.241 e. The Hall–Kier alpha value is -1.11. The minimum atomic E-state index is -3.73. The Balaban J connectivity index is 2.69. The molecule has 0 fully saturated rings. The molecular formula is C12H17ClN2O3S. The standard InChI is InChI=1S/C12H17ClN2O3S/c1-12(2,3)15-11(16)8-14-19(17,18)10-6-4-5-9(13)7-10/h4-7,14H,8H2,1-3H3,(H,15,16). The molecule has 19 heavy (non-hydrogen) atoms. The van der Waals surface area contributed by atoms with Crippen molar-refractivity contribution in [3.63, 3.8) is 0 Å². The molecule has 0 atom stereocenters. The molecule has 106 valence electrons. The summed E-state index contributed by atoms with van der Waals surface area (Å²) in [5, 5.41) is 2.98. The smallest absolute Gasteiger partial charge is 0.241 e. The Bertz CT molecular complexity index is 565. The fraction of sp³-hybridized carbons (Fsp3) is 0.417. The van der Waals surface area contributed by atoms with Gasteiger partial charge >= 0.3 is 0 Å². The van der Waals surface area contributed by atoms with E-state index in [1.807, 2.05) is 20.8 Å². The summed E-state index contributed by atoms with van der Waals surface area (Å²) in [5.74, 6) is -0.391. The van der Waals surface area contributed by atoms with Crippen LogP contribution in [0.4, 0.5) is 0 Å². The van der Waals surface area contributed by atoms with E-state index < -0.39 is 21.5 Å². The highest BCUT2D eigenvalue weighted by Crippen LogP contribution is 2.14. The largest absolute Gasteiger partial charge is 0.350 e. The summed E-state index contributed by atoms with van der Waals surface area (Å²) in [7, 11) is -3.73. The molecule has 0 saturated heterocycles. The molecule has 1 aromatic rings. The lowest BCUT2D eigenvalue weighted by Gasteiger charge is -2.20. The first kappa shape index (κ1) is 15.9. The molecule has 2 N–H and O–H groups in total. The number of hydrogen-bond acceptors (Lipinski definition) is 3. The Morgan fingerprint density at radius 2 is 1.95 bits per heavy atom. The monoisotopic (exact) mass is 304 g/mol. The van der Waals surface area contributed by atoms with Crippen LogP contribution in [-0.4, -0.2) is 26.4 Å². The average molecular weight is 305 g/mol. The number of carbonyl (C=O) groups is 1. The summed E-state index contributed by atoms with van der Waals surface area (Å²) in [5.41, 5.74) is -0.404. The predicted octanol–water partition coefficient (Wildman–Crippen LogP) is 1.53. The van der Waals surface area contributed by atoms with Gasteiger partial charge in [-0.05, 0) is 39.0 Å². The zero-order valence-corrected chi connectivity index (χ0v) is 12.6. The van der Waals surface area contributed by atoms with Gasteiger partial charge in [-0.25, -0.2) is 13.1 Å².